The SMILES string of the molecule is Cc1oc2ncnc(Nc3ccncc3)c2c1C. The third-order valence-corrected chi connectivity index (χ3v) is 2.91. The van der Waals surface area contributed by atoms with Gasteiger partial charge in [-0.3, -0.25) is 4.98 Å². The molecule has 0 saturated carbocycles. The molecule has 0 aliphatic rings. The van der Waals surface area contributed by atoms with Crippen molar-refractivity contribution in [1.29, 1.82) is 0 Å². The van der Waals surface area contributed by atoms with Crippen LogP contribution in [0, 0.1) is 13.8 Å². The highest BCUT2D eigenvalue weighted by Gasteiger charge is 2.13. The molecule has 0 aliphatic heterocycles. The smallest absolute Gasteiger partial charge is 0.231 e. The lowest BCUT2D eigenvalue weighted by molar-refractivity contribution is 0.564. The number of anilines is 2. The Bertz CT molecular complexity index is 691. The molecule has 0 radical (unpaired) electrons. The van der Waals surface area contributed by atoms with Gasteiger partial charge in [-0.1, -0.05) is 0 Å². The number of aryl methyl sites for hydroxylation is 2. The molecule has 0 saturated heterocycles. The van der Waals surface area contributed by atoms with E-state index >= 15 is 0 Å². The van der Waals surface area contributed by atoms with Crippen LogP contribution < -0.4 is 5.32 Å². The second-order valence-electron chi connectivity index (χ2n) is 4.05. The van der Waals surface area contributed by atoms with Crippen molar-refractivity contribution in [1.82, 2.24) is 15.0 Å². The number of hydrogen-bond donors (Lipinski definition) is 1. The highest BCUT2D eigenvalue weighted by Crippen LogP contribution is 2.29. The minimum atomic E-state index is 0.608. The number of hydrogen-bond acceptors (Lipinski definition) is 5. The van der Waals surface area contributed by atoms with Gasteiger partial charge in [-0.25, -0.2) is 9.97 Å². The van der Waals surface area contributed by atoms with Crippen LogP contribution in [0.25, 0.3) is 11.1 Å². The fraction of sp³-hybridized carbons (Fsp3) is 0.154. The van der Waals surface area contributed by atoms with Crippen LogP contribution in [0.3, 0.4) is 0 Å². The van der Waals surface area contributed by atoms with Crippen LogP contribution in [0.15, 0.2) is 35.3 Å². The number of nitrogens with zero attached hydrogens (tertiary/aromatic N) is 3. The van der Waals surface area contributed by atoms with Crippen molar-refractivity contribution < 1.29 is 4.42 Å². The van der Waals surface area contributed by atoms with Gasteiger partial charge in [0.05, 0.1) is 5.39 Å². The average Bonchev–Trinajstić information content (AvgIpc) is 2.67. The van der Waals surface area contributed by atoms with Crippen LogP contribution in [0.1, 0.15) is 11.3 Å². The Morgan fingerprint density at radius 1 is 1.11 bits per heavy atom. The van der Waals surface area contributed by atoms with Crippen LogP contribution in [-0.4, -0.2) is 15.0 Å². The molecule has 0 bridgehead atoms. The lowest BCUT2D eigenvalue weighted by Crippen LogP contribution is -1.95. The van der Waals surface area contributed by atoms with Crippen molar-refractivity contribution in [3.8, 4) is 0 Å². The van der Waals surface area contributed by atoms with Crippen molar-refractivity contribution in [2.75, 3.05) is 5.32 Å². The summed E-state index contributed by atoms with van der Waals surface area (Å²) in [6.45, 7) is 3.93. The lowest BCUT2D eigenvalue weighted by Gasteiger charge is -2.05. The average molecular weight is 240 g/mol. The van der Waals surface area contributed by atoms with E-state index in [4.69, 9.17) is 4.42 Å². The third-order valence-electron chi connectivity index (χ3n) is 2.91. The van der Waals surface area contributed by atoms with Gasteiger partial charge in [0.1, 0.15) is 17.9 Å². The third kappa shape index (κ3) is 1.69. The Morgan fingerprint density at radius 2 is 1.89 bits per heavy atom. The molecule has 3 heterocycles. The Labute approximate surface area is 104 Å². The molecule has 5 nitrogen and oxygen atoms in total. The van der Waals surface area contributed by atoms with Gasteiger partial charge in [0.2, 0.25) is 5.71 Å². The molecule has 0 atom stereocenters. The maximum atomic E-state index is 5.57. The van der Waals surface area contributed by atoms with Crippen molar-refractivity contribution in [2.45, 2.75) is 13.8 Å². The fourth-order valence-corrected chi connectivity index (χ4v) is 1.85. The number of furan rings is 1. The summed E-state index contributed by atoms with van der Waals surface area (Å²) in [6.07, 6.45) is 4.95. The molecular weight excluding hydrogens is 228 g/mol. The van der Waals surface area contributed by atoms with Gasteiger partial charge in [-0.15, -0.1) is 0 Å². The summed E-state index contributed by atoms with van der Waals surface area (Å²) in [5, 5.41) is 4.17. The first-order valence-corrected chi connectivity index (χ1v) is 5.63. The first-order valence-electron chi connectivity index (χ1n) is 5.63. The Hall–Kier alpha value is -2.43. The number of pyridine rings is 1. The van der Waals surface area contributed by atoms with E-state index in [2.05, 4.69) is 20.3 Å². The van der Waals surface area contributed by atoms with Gasteiger partial charge in [-0.05, 0) is 26.0 Å². The van der Waals surface area contributed by atoms with E-state index < -0.39 is 0 Å². The topological polar surface area (TPSA) is 63.8 Å². The number of nitrogens with one attached hydrogen (secondary N) is 1. The first-order chi connectivity index (χ1) is 8.75. The molecule has 0 fully saturated rings. The summed E-state index contributed by atoms with van der Waals surface area (Å²) in [5.41, 5.74) is 2.60. The standard InChI is InChI=1S/C13H12N4O/c1-8-9(2)18-13-11(8)12(15-7-16-13)17-10-3-5-14-6-4-10/h3-7H,1-2H3,(H,14,15,16,17). The van der Waals surface area contributed by atoms with Crippen LogP contribution >= 0.6 is 0 Å². The molecule has 18 heavy (non-hydrogen) atoms. The second-order valence-corrected chi connectivity index (χ2v) is 4.05. The van der Waals surface area contributed by atoms with E-state index in [0.29, 0.717) is 5.71 Å². The minimum absolute atomic E-state index is 0.608. The Balaban J connectivity index is 2.12. The maximum absolute atomic E-state index is 5.57. The first kappa shape index (κ1) is 10.7. The number of fused-ring (bicyclic) bond motifs is 1. The molecule has 0 aliphatic carbocycles. The number of rotatable bonds is 2. The maximum Gasteiger partial charge on any atom is 0.231 e. The van der Waals surface area contributed by atoms with E-state index in [-0.39, 0.29) is 0 Å². The van der Waals surface area contributed by atoms with E-state index in [1.165, 1.54) is 6.33 Å². The van der Waals surface area contributed by atoms with E-state index in [0.717, 1.165) is 28.2 Å². The molecule has 90 valence electrons. The van der Waals surface area contributed by atoms with Crippen LogP contribution in [-0.2, 0) is 0 Å². The van der Waals surface area contributed by atoms with Crippen LogP contribution in [0.2, 0.25) is 0 Å². The molecule has 3 aromatic heterocycles. The zero-order chi connectivity index (χ0) is 12.5. The Kier molecular flexibility index (Phi) is 2.44. The number of aromatic nitrogens is 3. The Morgan fingerprint density at radius 3 is 2.67 bits per heavy atom. The predicted molar refractivity (Wildman–Crippen MR) is 68.8 cm³/mol. The van der Waals surface area contributed by atoms with E-state index in [9.17, 15) is 0 Å². The molecule has 3 aromatic rings. The second kappa shape index (κ2) is 4.10. The van der Waals surface area contributed by atoms with Crippen molar-refractivity contribution in [3.63, 3.8) is 0 Å². The van der Waals surface area contributed by atoms with Gasteiger partial charge in [0.25, 0.3) is 0 Å². The molecule has 0 amide bonds. The minimum Gasteiger partial charge on any atom is -0.443 e. The lowest BCUT2D eigenvalue weighted by atomic mass is 10.2. The van der Waals surface area contributed by atoms with Crippen molar-refractivity contribution >= 4 is 22.6 Å². The van der Waals surface area contributed by atoms with Crippen LogP contribution in [0.4, 0.5) is 11.5 Å². The highest BCUT2D eigenvalue weighted by molar-refractivity contribution is 5.91. The fourth-order valence-electron chi connectivity index (χ4n) is 1.85. The van der Waals surface area contributed by atoms with Crippen LogP contribution in [0.5, 0.6) is 0 Å². The monoisotopic (exact) mass is 240 g/mol. The molecule has 5 heteroatoms. The molecule has 0 unspecified atom stereocenters. The molecular formula is C13H12N4O. The summed E-state index contributed by atoms with van der Waals surface area (Å²) < 4.78 is 5.57. The molecule has 0 spiro atoms. The zero-order valence-corrected chi connectivity index (χ0v) is 10.1. The summed E-state index contributed by atoms with van der Waals surface area (Å²) in [4.78, 5) is 12.4. The zero-order valence-electron chi connectivity index (χ0n) is 10.1. The van der Waals surface area contributed by atoms with Gasteiger partial charge in [0.15, 0.2) is 0 Å². The van der Waals surface area contributed by atoms with Gasteiger partial charge >= 0.3 is 0 Å². The molecule has 3 rings (SSSR count). The summed E-state index contributed by atoms with van der Waals surface area (Å²) in [5.74, 6) is 1.61. The van der Waals surface area contributed by atoms with Gasteiger partial charge < -0.3 is 9.73 Å². The summed E-state index contributed by atoms with van der Waals surface area (Å²) in [7, 11) is 0. The molecule has 0 aromatic carbocycles. The summed E-state index contributed by atoms with van der Waals surface area (Å²) >= 11 is 0. The van der Waals surface area contributed by atoms with Crippen molar-refractivity contribution in [3.05, 3.63) is 42.2 Å². The normalized spacial score (nSPS) is 10.8. The van der Waals surface area contributed by atoms with E-state index in [1.54, 1.807) is 12.4 Å². The molecule has 1 N–H and O–H groups in total. The van der Waals surface area contributed by atoms with Gasteiger partial charge in [0, 0.05) is 23.6 Å². The van der Waals surface area contributed by atoms with Crippen molar-refractivity contribution in [2.24, 2.45) is 0 Å². The largest absolute Gasteiger partial charge is 0.443 e. The van der Waals surface area contributed by atoms with E-state index in [1.807, 2.05) is 26.0 Å². The highest BCUT2D eigenvalue weighted by atomic mass is 16.3. The quantitative estimate of drug-likeness (QED) is 0.746. The van der Waals surface area contributed by atoms with Gasteiger partial charge in [-0.2, -0.15) is 0 Å². The predicted octanol–water partition coefficient (Wildman–Crippen LogP) is 2.98. The summed E-state index contributed by atoms with van der Waals surface area (Å²) in [6, 6.07) is 3.77.